The van der Waals surface area contributed by atoms with Gasteiger partial charge in [0.05, 0.1) is 7.11 Å². The fourth-order valence-corrected chi connectivity index (χ4v) is 2.46. The maximum absolute atomic E-state index is 5.24. The maximum Gasteiger partial charge on any atom is 0.118 e. The smallest absolute Gasteiger partial charge is 0.118 e. The van der Waals surface area contributed by atoms with E-state index >= 15 is 0 Å². The lowest BCUT2D eigenvalue weighted by molar-refractivity contribution is 0.414. The fraction of sp³-hybridized carbons (Fsp3) is 0.333. The Morgan fingerprint density at radius 2 is 1.53 bits per heavy atom. The molecule has 0 saturated carbocycles. The molecule has 1 nitrogen and oxygen atoms in total. The summed E-state index contributed by atoms with van der Waals surface area (Å²) in [7, 11) is 1.71. The Morgan fingerprint density at radius 1 is 0.895 bits per heavy atom. The average Bonchev–Trinajstić information content (AvgIpc) is 2.49. The molecule has 0 saturated heterocycles. The van der Waals surface area contributed by atoms with Gasteiger partial charge in [-0.3, -0.25) is 0 Å². The number of benzene rings is 2. The van der Waals surface area contributed by atoms with Crippen LogP contribution in [-0.4, -0.2) is 7.11 Å². The van der Waals surface area contributed by atoms with Gasteiger partial charge in [0.1, 0.15) is 5.75 Å². The first-order valence-corrected chi connectivity index (χ1v) is 7.04. The highest BCUT2D eigenvalue weighted by Crippen LogP contribution is 2.30. The van der Waals surface area contributed by atoms with Crippen LogP contribution < -0.4 is 4.74 Å². The SMILES string of the molecule is CCCCC(c1ccccc1)c1ccc(OC)cc1. The molecule has 2 aromatic carbocycles. The third-order valence-corrected chi connectivity index (χ3v) is 3.57. The minimum Gasteiger partial charge on any atom is -0.497 e. The van der Waals surface area contributed by atoms with Gasteiger partial charge in [-0.1, -0.05) is 62.2 Å². The Bertz CT molecular complexity index is 473. The minimum absolute atomic E-state index is 0.493. The maximum atomic E-state index is 5.24. The van der Waals surface area contributed by atoms with Crippen molar-refractivity contribution < 1.29 is 4.74 Å². The quantitative estimate of drug-likeness (QED) is 0.703. The topological polar surface area (TPSA) is 9.23 Å². The Balaban J connectivity index is 2.26. The summed E-state index contributed by atoms with van der Waals surface area (Å²) in [6.45, 7) is 2.25. The number of rotatable bonds is 6. The largest absolute Gasteiger partial charge is 0.497 e. The van der Waals surface area contributed by atoms with Crippen molar-refractivity contribution in [3.8, 4) is 5.75 Å². The van der Waals surface area contributed by atoms with Gasteiger partial charge in [0.15, 0.2) is 0 Å². The molecule has 0 radical (unpaired) electrons. The lowest BCUT2D eigenvalue weighted by Crippen LogP contribution is -2.01. The number of ether oxygens (including phenoxy) is 1. The zero-order valence-electron chi connectivity index (χ0n) is 11.8. The van der Waals surface area contributed by atoms with Crippen molar-refractivity contribution in [3.63, 3.8) is 0 Å². The van der Waals surface area contributed by atoms with Gasteiger partial charge < -0.3 is 4.74 Å². The molecule has 0 fully saturated rings. The molecule has 1 heteroatoms. The van der Waals surface area contributed by atoms with Gasteiger partial charge in [0.25, 0.3) is 0 Å². The Hall–Kier alpha value is -1.76. The van der Waals surface area contributed by atoms with Crippen molar-refractivity contribution in [2.45, 2.75) is 32.1 Å². The van der Waals surface area contributed by atoms with Gasteiger partial charge >= 0.3 is 0 Å². The van der Waals surface area contributed by atoms with E-state index in [4.69, 9.17) is 4.74 Å². The van der Waals surface area contributed by atoms with Gasteiger partial charge in [-0.25, -0.2) is 0 Å². The van der Waals surface area contributed by atoms with Crippen molar-refractivity contribution >= 4 is 0 Å². The minimum atomic E-state index is 0.493. The first kappa shape index (κ1) is 13.7. The molecule has 0 N–H and O–H groups in total. The van der Waals surface area contributed by atoms with Gasteiger partial charge in [-0.05, 0) is 29.7 Å². The predicted molar refractivity (Wildman–Crippen MR) is 80.8 cm³/mol. The molecular weight excluding hydrogens is 232 g/mol. The first-order valence-electron chi connectivity index (χ1n) is 7.04. The van der Waals surface area contributed by atoms with E-state index in [1.54, 1.807) is 7.11 Å². The molecule has 2 aromatic rings. The molecule has 0 aliphatic rings. The zero-order valence-corrected chi connectivity index (χ0v) is 11.8. The van der Waals surface area contributed by atoms with E-state index in [9.17, 15) is 0 Å². The van der Waals surface area contributed by atoms with Crippen LogP contribution in [0.3, 0.4) is 0 Å². The Morgan fingerprint density at radius 3 is 2.11 bits per heavy atom. The number of hydrogen-bond donors (Lipinski definition) is 0. The third-order valence-electron chi connectivity index (χ3n) is 3.57. The summed E-state index contributed by atoms with van der Waals surface area (Å²) in [5.74, 6) is 1.41. The predicted octanol–water partition coefficient (Wildman–Crippen LogP) is 5.02. The monoisotopic (exact) mass is 254 g/mol. The molecule has 2 rings (SSSR count). The van der Waals surface area contributed by atoms with E-state index in [2.05, 4.69) is 61.5 Å². The third kappa shape index (κ3) is 3.60. The second-order valence-corrected chi connectivity index (χ2v) is 4.88. The fourth-order valence-electron chi connectivity index (χ4n) is 2.46. The molecule has 0 aromatic heterocycles. The van der Waals surface area contributed by atoms with Gasteiger partial charge in [0.2, 0.25) is 0 Å². The molecule has 0 bridgehead atoms. The van der Waals surface area contributed by atoms with Crippen molar-refractivity contribution in [1.82, 2.24) is 0 Å². The van der Waals surface area contributed by atoms with E-state index in [0.717, 1.165) is 5.75 Å². The van der Waals surface area contributed by atoms with E-state index in [0.29, 0.717) is 5.92 Å². The highest BCUT2D eigenvalue weighted by atomic mass is 16.5. The van der Waals surface area contributed by atoms with Gasteiger partial charge in [-0.2, -0.15) is 0 Å². The van der Waals surface area contributed by atoms with E-state index in [1.807, 2.05) is 0 Å². The van der Waals surface area contributed by atoms with Crippen LogP contribution in [0.15, 0.2) is 54.6 Å². The number of hydrogen-bond acceptors (Lipinski definition) is 1. The van der Waals surface area contributed by atoms with Gasteiger partial charge in [0, 0.05) is 5.92 Å². The van der Waals surface area contributed by atoms with E-state index < -0.39 is 0 Å². The van der Waals surface area contributed by atoms with Crippen LogP contribution >= 0.6 is 0 Å². The average molecular weight is 254 g/mol. The summed E-state index contributed by atoms with van der Waals surface area (Å²) in [5.41, 5.74) is 2.78. The summed E-state index contributed by atoms with van der Waals surface area (Å²) >= 11 is 0. The van der Waals surface area contributed by atoms with Crippen molar-refractivity contribution in [3.05, 3.63) is 65.7 Å². The number of unbranched alkanes of at least 4 members (excludes halogenated alkanes) is 1. The van der Waals surface area contributed by atoms with Crippen LogP contribution in [0.2, 0.25) is 0 Å². The molecule has 0 amide bonds. The summed E-state index contributed by atoms with van der Waals surface area (Å²) in [6, 6.07) is 19.3. The summed E-state index contributed by atoms with van der Waals surface area (Å²) in [6.07, 6.45) is 3.69. The van der Waals surface area contributed by atoms with Crippen molar-refractivity contribution in [2.24, 2.45) is 0 Å². The summed E-state index contributed by atoms with van der Waals surface area (Å²) < 4.78 is 5.24. The highest BCUT2D eigenvalue weighted by Gasteiger charge is 2.13. The van der Waals surface area contributed by atoms with E-state index in [-0.39, 0.29) is 0 Å². The molecule has 0 aliphatic heterocycles. The normalized spacial score (nSPS) is 12.1. The molecule has 0 aliphatic carbocycles. The van der Waals surface area contributed by atoms with Crippen LogP contribution in [0.5, 0.6) is 5.75 Å². The van der Waals surface area contributed by atoms with Crippen LogP contribution in [-0.2, 0) is 0 Å². The molecule has 0 spiro atoms. The van der Waals surface area contributed by atoms with Crippen molar-refractivity contribution in [2.75, 3.05) is 7.11 Å². The summed E-state index contributed by atoms with van der Waals surface area (Å²) in [5, 5.41) is 0. The van der Waals surface area contributed by atoms with E-state index in [1.165, 1.54) is 30.4 Å². The van der Waals surface area contributed by atoms with Gasteiger partial charge in [-0.15, -0.1) is 0 Å². The first-order chi connectivity index (χ1) is 9.35. The van der Waals surface area contributed by atoms with Crippen LogP contribution in [0, 0.1) is 0 Å². The molecule has 1 atom stereocenters. The molecule has 19 heavy (non-hydrogen) atoms. The lowest BCUT2D eigenvalue weighted by Gasteiger charge is -2.18. The zero-order chi connectivity index (χ0) is 13.5. The van der Waals surface area contributed by atoms with Crippen LogP contribution in [0.4, 0.5) is 0 Å². The molecular formula is C18H22O. The molecule has 0 heterocycles. The Labute approximate surface area is 116 Å². The standard InChI is InChI=1S/C18H22O/c1-3-4-10-18(15-8-6-5-7-9-15)16-11-13-17(19-2)14-12-16/h5-9,11-14,18H,3-4,10H2,1-2H3. The van der Waals surface area contributed by atoms with Crippen molar-refractivity contribution in [1.29, 1.82) is 0 Å². The second-order valence-electron chi connectivity index (χ2n) is 4.88. The summed E-state index contributed by atoms with van der Waals surface area (Å²) in [4.78, 5) is 0. The molecule has 1 unspecified atom stereocenters. The molecule has 100 valence electrons. The van der Waals surface area contributed by atoms with Crippen LogP contribution in [0.1, 0.15) is 43.2 Å². The number of methoxy groups -OCH3 is 1. The second kappa shape index (κ2) is 6.98. The highest BCUT2D eigenvalue weighted by molar-refractivity contribution is 5.35. The Kier molecular flexibility index (Phi) is 5.02. The van der Waals surface area contributed by atoms with Crippen LogP contribution in [0.25, 0.3) is 0 Å². The lowest BCUT2D eigenvalue weighted by atomic mass is 9.87.